The minimum absolute atomic E-state index is 0.00386. The van der Waals surface area contributed by atoms with Crippen LogP contribution in [0.1, 0.15) is 69.6 Å². The van der Waals surface area contributed by atoms with E-state index in [0.29, 0.717) is 0 Å². The standard InChI is InChI=1S/C36H44BrN4O9P/c37-18-17-25-22-41(36(45)39-34(25)43)33-21-31(42)32(49-33)23-47-51(46,50-28-14-7-4-8-15-28)40-30(20-26-19-24-11-9-10-16-29(24)38-26)35(44)48-27-12-5-2-1-3-6-13-27/h4,7-11,14-19,22,24,27,29-33,38,42H,1-3,5-6,12-13,20-21,23H2,(H,40,46)(H,39,43,45)/b18-17+/t24?,29?,30-,31?,32?,33?,51?/m0/s1. The van der Waals surface area contributed by atoms with Crippen molar-refractivity contribution in [2.24, 2.45) is 5.92 Å². The average Bonchev–Trinajstić information content (AvgIpc) is 3.68. The van der Waals surface area contributed by atoms with E-state index in [1.165, 1.54) is 28.2 Å². The minimum atomic E-state index is -4.37. The first kappa shape index (κ1) is 37.2. The van der Waals surface area contributed by atoms with Crippen molar-refractivity contribution >= 4 is 35.7 Å². The monoisotopic (exact) mass is 786 g/mol. The van der Waals surface area contributed by atoms with Gasteiger partial charge in [0.05, 0.1) is 24.3 Å². The van der Waals surface area contributed by atoms with Gasteiger partial charge in [-0.1, -0.05) is 83.8 Å². The van der Waals surface area contributed by atoms with Crippen molar-refractivity contribution in [2.45, 2.75) is 94.4 Å². The van der Waals surface area contributed by atoms with Crippen LogP contribution in [0.15, 0.2) is 87.2 Å². The SMILES string of the molecule is O=C(OC1CCCCCCC1)[C@H](CC1=CC2C=CC=CC2N1)NP(=O)(OCC1OC(n2cc(/C=C/Br)c(=O)[nH]c2=O)CC1O)Oc1ccccc1. The van der Waals surface area contributed by atoms with Gasteiger partial charge >= 0.3 is 19.4 Å². The number of rotatable bonds is 13. The van der Waals surface area contributed by atoms with Gasteiger partial charge in [0.25, 0.3) is 5.56 Å². The van der Waals surface area contributed by atoms with Gasteiger partial charge in [0.15, 0.2) is 0 Å². The molecule has 7 atom stereocenters. The summed E-state index contributed by atoms with van der Waals surface area (Å²) in [5, 5.41) is 17.3. The quantitative estimate of drug-likeness (QED) is 0.152. The van der Waals surface area contributed by atoms with Gasteiger partial charge in [-0.2, -0.15) is 5.09 Å². The molecule has 1 aromatic heterocycles. The molecule has 51 heavy (non-hydrogen) atoms. The van der Waals surface area contributed by atoms with Gasteiger partial charge in [-0.05, 0) is 48.9 Å². The number of aliphatic hydroxyl groups is 1. The summed E-state index contributed by atoms with van der Waals surface area (Å²) in [6.07, 6.45) is 16.5. The first-order chi connectivity index (χ1) is 24.7. The second kappa shape index (κ2) is 17.3. The van der Waals surface area contributed by atoms with Crippen LogP contribution in [-0.4, -0.2) is 57.6 Å². The number of carbonyl (C=O) groups excluding carboxylic acids is 1. The summed E-state index contributed by atoms with van der Waals surface area (Å²) in [6, 6.07) is 7.37. The van der Waals surface area contributed by atoms with Crippen LogP contribution in [-0.2, 0) is 23.4 Å². The normalized spacial score (nSPS) is 26.8. The predicted octanol–water partition coefficient (Wildman–Crippen LogP) is 5.36. The van der Waals surface area contributed by atoms with Crippen LogP contribution in [0.4, 0.5) is 0 Å². The zero-order valence-corrected chi connectivity index (χ0v) is 30.6. The summed E-state index contributed by atoms with van der Waals surface area (Å²) in [4.78, 5) is 42.5. The predicted molar refractivity (Wildman–Crippen MR) is 195 cm³/mol. The van der Waals surface area contributed by atoms with Gasteiger partial charge in [0.1, 0.15) is 30.2 Å². The molecule has 6 unspecified atom stereocenters. The van der Waals surface area contributed by atoms with Crippen molar-refractivity contribution in [1.82, 2.24) is 20.0 Å². The highest BCUT2D eigenvalue weighted by Gasteiger charge is 2.41. The maximum absolute atomic E-state index is 14.7. The van der Waals surface area contributed by atoms with Crippen LogP contribution in [0.25, 0.3) is 6.08 Å². The topological polar surface area (TPSA) is 170 Å². The van der Waals surface area contributed by atoms with Gasteiger partial charge in [-0.25, -0.2) is 9.36 Å². The average molecular weight is 788 g/mol. The van der Waals surface area contributed by atoms with E-state index in [2.05, 4.69) is 43.5 Å². The fourth-order valence-corrected chi connectivity index (χ4v) is 8.53. The summed E-state index contributed by atoms with van der Waals surface area (Å²) < 4.78 is 39.8. The third kappa shape index (κ3) is 9.88. The number of para-hydroxylation sites is 1. The molecular formula is C36H44BrN4O9P. The molecule has 13 nitrogen and oxygen atoms in total. The van der Waals surface area contributed by atoms with E-state index in [1.807, 2.05) is 18.2 Å². The Morgan fingerprint density at radius 2 is 1.86 bits per heavy atom. The number of hydrogen-bond acceptors (Lipinski definition) is 10. The Kier molecular flexibility index (Phi) is 12.7. The molecule has 0 bridgehead atoms. The fraction of sp³-hybridized carbons (Fsp3) is 0.472. The van der Waals surface area contributed by atoms with E-state index < -0.39 is 56.0 Å². The molecule has 4 aliphatic rings. The van der Waals surface area contributed by atoms with E-state index in [1.54, 1.807) is 30.3 Å². The minimum Gasteiger partial charge on any atom is -0.461 e. The molecule has 0 radical (unpaired) electrons. The molecular weight excluding hydrogens is 743 g/mol. The van der Waals surface area contributed by atoms with E-state index in [4.69, 9.17) is 18.5 Å². The second-order valence-electron chi connectivity index (χ2n) is 13.2. The van der Waals surface area contributed by atoms with Gasteiger partial charge in [-0.3, -0.25) is 23.7 Å². The van der Waals surface area contributed by atoms with Crippen molar-refractivity contribution in [2.75, 3.05) is 6.61 Å². The van der Waals surface area contributed by atoms with Crippen LogP contribution in [0.2, 0.25) is 0 Å². The molecule has 0 amide bonds. The Morgan fingerprint density at radius 3 is 2.61 bits per heavy atom. The third-order valence-electron chi connectivity index (χ3n) is 9.41. The second-order valence-corrected chi connectivity index (χ2v) is 15.4. The number of halogens is 1. The van der Waals surface area contributed by atoms with Crippen molar-refractivity contribution < 1.29 is 33.0 Å². The summed E-state index contributed by atoms with van der Waals surface area (Å²) in [6.45, 7) is -0.411. The van der Waals surface area contributed by atoms with Gasteiger partial charge in [0.2, 0.25) is 0 Å². The highest BCUT2D eigenvalue weighted by molar-refractivity contribution is 9.11. The summed E-state index contributed by atoms with van der Waals surface area (Å²) in [5.41, 5.74) is -0.299. The lowest BCUT2D eigenvalue weighted by molar-refractivity contribution is -0.152. The number of carbonyl (C=O) groups is 1. The molecule has 2 aliphatic carbocycles. The molecule has 2 aromatic rings. The number of aromatic amines is 1. The van der Waals surface area contributed by atoms with Crippen LogP contribution >= 0.6 is 23.7 Å². The van der Waals surface area contributed by atoms with Crippen molar-refractivity contribution in [1.29, 1.82) is 0 Å². The number of fused-ring (bicyclic) bond motifs is 1. The summed E-state index contributed by atoms with van der Waals surface area (Å²) in [5.74, 6) is -0.211. The number of nitrogens with one attached hydrogen (secondary N) is 3. The number of H-pyrrole nitrogens is 1. The van der Waals surface area contributed by atoms with Crippen molar-refractivity contribution in [3.05, 3.63) is 104 Å². The number of aromatic nitrogens is 2. The van der Waals surface area contributed by atoms with Crippen molar-refractivity contribution in [3.8, 4) is 5.75 Å². The van der Waals surface area contributed by atoms with Crippen LogP contribution < -0.4 is 26.2 Å². The molecule has 1 aromatic carbocycles. The zero-order chi connectivity index (χ0) is 35.8. The molecule has 3 heterocycles. The highest BCUT2D eigenvalue weighted by atomic mass is 79.9. The molecule has 0 spiro atoms. The lowest BCUT2D eigenvalue weighted by Crippen LogP contribution is -2.41. The number of benzene rings is 1. The summed E-state index contributed by atoms with van der Waals surface area (Å²) >= 11 is 3.13. The molecule has 6 rings (SSSR count). The number of ether oxygens (including phenoxy) is 2. The highest BCUT2D eigenvalue weighted by Crippen LogP contribution is 2.46. The Hall–Kier alpha value is -3.52. The Morgan fingerprint density at radius 1 is 1.12 bits per heavy atom. The maximum atomic E-state index is 14.7. The Bertz CT molecular complexity index is 1800. The molecule has 1 saturated carbocycles. The smallest absolute Gasteiger partial charge is 0.459 e. The Balaban J connectivity index is 1.22. The molecule has 274 valence electrons. The number of nitrogens with zero attached hydrogens (tertiary/aromatic N) is 1. The molecule has 2 fully saturated rings. The number of allylic oxidation sites excluding steroid dienone is 2. The van der Waals surface area contributed by atoms with E-state index in [0.717, 1.165) is 44.2 Å². The number of hydrogen-bond donors (Lipinski definition) is 4. The maximum Gasteiger partial charge on any atom is 0.459 e. The lowest BCUT2D eigenvalue weighted by Gasteiger charge is -2.28. The third-order valence-corrected chi connectivity index (χ3v) is 11.2. The van der Waals surface area contributed by atoms with Crippen LogP contribution in [0.3, 0.4) is 0 Å². The first-order valence-electron chi connectivity index (χ1n) is 17.4. The number of esters is 1. The van der Waals surface area contributed by atoms with E-state index >= 15 is 0 Å². The van der Waals surface area contributed by atoms with Gasteiger partial charge in [-0.15, -0.1) is 0 Å². The number of aliphatic hydroxyl groups excluding tert-OH is 1. The first-order valence-corrected chi connectivity index (χ1v) is 19.9. The van der Waals surface area contributed by atoms with Crippen molar-refractivity contribution in [3.63, 3.8) is 0 Å². The summed E-state index contributed by atoms with van der Waals surface area (Å²) in [7, 11) is -4.37. The van der Waals surface area contributed by atoms with Gasteiger partial charge < -0.3 is 24.4 Å². The van der Waals surface area contributed by atoms with Gasteiger partial charge in [0, 0.05) is 30.7 Å². The fourth-order valence-electron chi connectivity index (χ4n) is 6.74. The van der Waals surface area contributed by atoms with E-state index in [-0.39, 0.29) is 42.2 Å². The van der Waals surface area contributed by atoms with E-state index in [9.17, 15) is 24.1 Å². The van der Waals surface area contributed by atoms with Crippen LogP contribution in [0, 0.1) is 5.92 Å². The molecule has 4 N–H and O–H groups in total. The zero-order valence-electron chi connectivity index (χ0n) is 28.1. The molecule has 2 aliphatic heterocycles. The largest absolute Gasteiger partial charge is 0.461 e. The molecule has 15 heteroatoms. The lowest BCUT2D eigenvalue weighted by atomic mass is 9.98. The Labute approximate surface area is 304 Å². The van der Waals surface area contributed by atoms with Crippen LogP contribution in [0.5, 0.6) is 5.75 Å². The molecule has 1 saturated heterocycles.